The van der Waals surface area contributed by atoms with Crippen LogP contribution in [0.1, 0.15) is 64.7 Å². The number of carbonyl (C=O) groups is 2. The van der Waals surface area contributed by atoms with Crippen LogP contribution in [0.15, 0.2) is 0 Å². The lowest BCUT2D eigenvalue weighted by Crippen LogP contribution is -2.52. The van der Waals surface area contributed by atoms with Crippen LogP contribution in [-0.2, 0) is 14.3 Å². The number of likely N-dealkylation sites (tertiary alicyclic amines) is 2. The van der Waals surface area contributed by atoms with Crippen molar-refractivity contribution in [3.05, 3.63) is 0 Å². The van der Waals surface area contributed by atoms with Gasteiger partial charge in [0, 0.05) is 19.0 Å². The monoisotopic (exact) mass is 364 g/mol. The standard InChI is InChI=1S/C21H36N2O3/c1-3-26-20(25)21(18-7-5-4-6-8-18)11-15-23(16-12-21)19(24)17-9-13-22(2)14-10-17/h17-18H,3-16H2,1-2H3. The van der Waals surface area contributed by atoms with Gasteiger partial charge in [-0.15, -0.1) is 0 Å². The molecule has 0 spiro atoms. The number of nitrogens with zero attached hydrogens (tertiary/aromatic N) is 2. The Morgan fingerprint density at radius 1 is 0.962 bits per heavy atom. The van der Waals surface area contributed by atoms with Crippen LogP contribution in [-0.4, -0.2) is 61.5 Å². The highest BCUT2D eigenvalue weighted by Gasteiger charge is 2.49. The van der Waals surface area contributed by atoms with Crippen molar-refractivity contribution < 1.29 is 14.3 Å². The fourth-order valence-corrected chi connectivity index (χ4v) is 5.35. The molecule has 26 heavy (non-hydrogen) atoms. The Kier molecular flexibility index (Phi) is 6.60. The maximum absolute atomic E-state index is 12.9. The molecule has 2 heterocycles. The normalized spacial score (nSPS) is 25.8. The first kappa shape index (κ1) is 19.7. The molecule has 5 heteroatoms. The molecular weight excluding hydrogens is 328 g/mol. The quantitative estimate of drug-likeness (QED) is 0.720. The van der Waals surface area contributed by atoms with E-state index in [0.29, 0.717) is 18.4 Å². The number of rotatable bonds is 4. The van der Waals surface area contributed by atoms with Crippen molar-refractivity contribution in [1.82, 2.24) is 9.80 Å². The van der Waals surface area contributed by atoms with E-state index in [0.717, 1.165) is 64.7 Å². The minimum atomic E-state index is -0.347. The number of piperidine rings is 2. The molecule has 5 nitrogen and oxygen atoms in total. The van der Waals surface area contributed by atoms with Gasteiger partial charge in [0.2, 0.25) is 5.91 Å². The van der Waals surface area contributed by atoms with Crippen molar-refractivity contribution in [2.75, 3.05) is 39.8 Å². The number of hydrogen-bond acceptors (Lipinski definition) is 4. The second kappa shape index (κ2) is 8.73. The molecule has 1 amide bonds. The summed E-state index contributed by atoms with van der Waals surface area (Å²) < 4.78 is 5.51. The van der Waals surface area contributed by atoms with Crippen LogP contribution in [0.4, 0.5) is 0 Å². The molecule has 3 rings (SSSR count). The second-order valence-electron chi connectivity index (χ2n) is 8.61. The van der Waals surface area contributed by atoms with E-state index in [1.54, 1.807) is 0 Å². The fourth-order valence-electron chi connectivity index (χ4n) is 5.35. The van der Waals surface area contributed by atoms with Crippen molar-refractivity contribution >= 4 is 11.9 Å². The van der Waals surface area contributed by atoms with E-state index in [1.165, 1.54) is 19.3 Å². The van der Waals surface area contributed by atoms with E-state index in [9.17, 15) is 9.59 Å². The molecule has 0 N–H and O–H groups in total. The van der Waals surface area contributed by atoms with Crippen molar-refractivity contribution in [2.45, 2.75) is 64.7 Å². The van der Waals surface area contributed by atoms with Gasteiger partial charge in [-0.2, -0.15) is 0 Å². The third kappa shape index (κ3) is 4.08. The summed E-state index contributed by atoms with van der Waals surface area (Å²) >= 11 is 0. The smallest absolute Gasteiger partial charge is 0.312 e. The molecule has 0 atom stereocenters. The molecule has 2 aliphatic heterocycles. The number of ether oxygens (including phenoxy) is 1. The lowest BCUT2D eigenvalue weighted by Gasteiger charge is -2.46. The molecule has 0 bridgehead atoms. The van der Waals surface area contributed by atoms with E-state index < -0.39 is 0 Å². The Hall–Kier alpha value is -1.10. The van der Waals surface area contributed by atoms with Crippen LogP contribution in [0.25, 0.3) is 0 Å². The summed E-state index contributed by atoms with van der Waals surface area (Å²) in [6.07, 6.45) is 9.53. The zero-order valence-electron chi connectivity index (χ0n) is 16.7. The van der Waals surface area contributed by atoms with Crippen molar-refractivity contribution in [1.29, 1.82) is 0 Å². The highest BCUT2D eigenvalue weighted by Crippen LogP contribution is 2.47. The molecule has 0 unspecified atom stereocenters. The Labute approximate surface area is 158 Å². The van der Waals surface area contributed by atoms with Crippen LogP contribution in [0.3, 0.4) is 0 Å². The zero-order chi connectivity index (χ0) is 18.6. The summed E-state index contributed by atoms with van der Waals surface area (Å²) in [6, 6.07) is 0. The van der Waals surface area contributed by atoms with Crippen molar-refractivity contribution in [2.24, 2.45) is 17.3 Å². The number of hydrogen-bond donors (Lipinski definition) is 0. The predicted molar refractivity (Wildman–Crippen MR) is 102 cm³/mol. The first-order valence-corrected chi connectivity index (χ1v) is 10.7. The molecule has 3 fully saturated rings. The van der Waals surface area contributed by atoms with E-state index in [-0.39, 0.29) is 17.3 Å². The van der Waals surface area contributed by atoms with Crippen LogP contribution >= 0.6 is 0 Å². The lowest BCUT2D eigenvalue weighted by molar-refractivity contribution is -0.166. The number of carbonyl (C=O) groups excluding carboxylic acids is 2. The molecular formula is C21H36N2O3. The van der Waals surface area contributed by atoms with Gasteiger partial charge in [-0.1, -0.05) is 19.3 Å². The first-order valence-electron chi connectivity index (χ1n) is 10.7. The Morgan fingerprint density at radius 2 is 1.58 bits per heavy atom. The van der Waals surface area contributed by atoms with Crippen LogP contribution in [0, 0.1) is 17.3 Å². The third-order valence-electron chi connectivity index (χ3n) is 7.10. The summed E-state index contributed by atoms with van der Waals surface area (Å²) in [5.74, 6) is 0.935. The van der Waals surface area contributed by atoms with Crippen molar-refractivity contribution in [3.63, 3.8) is 0 Å². The lowest BCUT2D eigenvalue weighted by atomic mass is 9.63. The molecule has 1 aliphatic carbocycles. The van der Waals surface area contributed by atoms with E-state index in [4.69, 9.17) is 4.74 Å². The van der Waals surface area contributed by atoms with Gasteiger partial charge in [-0.3, -0.25) is 9.59 Å². The SMILES string of the molecule is CCOC(=O)C1(C2CCCCC2)CCN(C(=O)C2CCN(C)CC2)CC1. The summed E-state index contributed by atoms with van der Waals surface area (Å²) in [6.45, 7) is 5.82. The molecule has 0 aromatic rings. The third-order valence-corrected chi connectivity index (χ3v) is 7.10. The van der Waals surface area contributed by atoms with Gasteiger partial charge in [0.1, 0.15) is 0 Å². The van der Waals surface area contributed by atoms with Gasteiger partial charge in [0.15, 0.2) is 0 Å². The van der Waals surface area contributed by atoms with Crippen LogP contribution in [0.5, 0.6) is 0 Å². The van der Waals surface area contributed by atoms with Gasteiger partial charge < -0.3 is 14.5 Å². The number of esters is 1. The zero-order valence-corrected chi connectivity index (χ0v) is 16.7. The molecule has 148 valence electrons. The summed E-state index contributed by atoms with van der Waals surface area (Å²) in [7, 11) is 2.12. The second-order valence-corrected chi connectivity index (χ2v) is 8.61. The molecule has 1 saturated carbocycles. The average Bonchev–Trinajstić information content (AvgIpc) is 2.69. The maximum Gasteiger partial charge on any atom is 0.312 e. The topological polar surface area (TPSA) is 49.9 Å². The van der Waals surface area contributed by atoms with Gasteiger partial charge in [0.05, 0.1) is 12.0 Å². The average molecular weight is 365 g/mol. The molecule has 2 saturated heterocycles. The molecule has 3 aliphatic rings. The van der Waals surface area contributed by atoms with Crippen LogP contribution in [0.2, 0.25) is 0 Å². The van der Waals surface area contributed by atoms with Crippen LogP contribution < -0.4 is 0 Å². The Balaban J connectivity index is 1.64. The van der Waals surface area contributed by atoms with E-state index in [1.807, 2.05) is 11.8 Å². The first-order chi connectivity index (χ1) is 12.6. The summed E-state index contributed by atoms with van der Waals surface area (Å²) in [5, 5.41) is 0. The summed E-state index contributed by atoms with van der Waals surface area (Å²) in [5.41, 5.74) is -0.347. The molecule has 0 aromatic heterocycles. The van der Waals surface area contributed by atoms with Gasteiger partial charge in [-0.25, -0.2) is 0 Å². The molecule has 0 radical (unpaired) electrons. The predicted octanol–water partition coefficient (Wildman–Crippen LogP) is 3.08. The Morgan fingerprint density at radius 3 is 2.15 bits per heavy atom. The number of amides is 1. The van der Waals surface area contributed by atoms with E-state index >= 15 is 0 Å². The largest absolute Gasteiger partial charge is 0.466 e. The van der Waals surface area contributed by atoms with Gasteiger partial charge >= 0.3 is 5.97 Å². The van der Waals surface area contributed by atoms with Gasteiger partial charge in [-0.05, 0) is 71.5 Å². The van der Waals surface area contributed by atoms with Gasteiger partial charge in [0.25, 0.3) is 0 Å². The highest BCUT2D eigenvalue weighted by atomic mass is 16.5. The fraction of sp³-hybridized carbons (Fsp3) is 0.905. The summed E-state index contributed by atoms with van der Waals surface area (Å²) in [4.78, 5) is 30.2. The minimum absolute atomic E-state index is 0.00158. The molecule has 0 aromatic carbocycles. The van der Waals surface area contributed by atoms with E-state index in [2.05, 4.69) is 11.9 Å². The highest BCUT2D eigenvalue weighted by molar-refractivity contribution is 5.81. The Bertz CT molecular complexity index is 485. The van der Waals surface area contributed by atoms with Crippen molar-refractivity contribution in [3.8, 4) is 0 Å². The maximum atomic E-state index is 12.9. The minimum Gasteiger partial charge on any atom is -0.466 e.